The molecule has 0 aliphatic rings. The highest BCUT2D eigenvalue weighted by Gasteiger charge is 2.19. The second-order valence-electron chi connectivity index (χ2n) is 6.39. The average Bonchev–Trinajstić information content (AvgIpc) is 3.23. The Morgan fingerprint density at radius 1 is 1.16 bits per heavy atom. The minimum atomic E-state index is -0.505. The molecule has 0 bridgehead atoms. The SMILES string of the molecule is CCOc1ccc(CC(=O)N/N=C\c2ccc(-c3ccc(OC)cc3[N+](=O)[O-])o2)cc1. The maximum atomic E-state index is 12.0. The van der Waals surface area contributed by atoms with Gasteiger partial charge in [0.25, 0.3) is 5.69 Å². The fourth-order valence-corrected chi connectivity index (χ4v) is 2.83. The lowest BCUT2D eigenvalue weighted by Crippen LogP contribution is -2.19. The number of carbonyl (C=O) groups is 1. The normalized spacial score (nSPS) is 10.8. The number of furan rings is 1. The molecule has 1 heterocycles. The molecule has 0 fully saturated rings. The quantitative estimate of drug-likeness (QED) is 0.316. The van der Waals surface area contributed by atoms with Crippen molar-refractivity contribution < 1.29 is 23.6 Å². The van der Waals surface area contributed by atoms with Crippen LogP contribution in [0.25, 0.3) is 11.3 Å². The molecule has 1 amide bonds. The summed E-state index contributed by atoms with van der Waals surface area (Å²) in [5.41, 5.74) is 3.42. The van der Waals surface area contributed by atoms with E-state index in [4.69, 9.17) is 13.9 Å². The molecule has 0 radical (unpaired) electrons. The van der Waals surface area contributed by atoms with Crippen molar-refractivity contribution in [3.63, 3.8) is 0 Å². The number of hydrogen-bond acceptors (Lipinski definition) is 7. The number of ether oxygens (including phenoxy) is 2. The van der Waals surface area contributed by atoms with Crippen LogP contribution in [-0.4, -0.2) is 30.8 Å². The molecule has 0 spiro atoms. The van der Waals surface area contributed by atoms with Crippen LogP contribution in [0.1, 0.15) is 18.2 Å². The van der Waals surface area contributed by atoms with Crippen LogP contribution < -0.4 is 14.9 Å². The number of nitrogens with one attached hydrogen (secondary N) is 1. The Morgan fingerprint density at radius 2 is 1.90 bits per heavy atom. The van der Waals surface area contributed by atoms with Gasteiger partial charge in [0.05, 0.1) is 42.9 Å². The molecule has 1 N–H and O–H groups in total. The van der Waals surface area contributed by atoms with Crippen LogP contribution in [0.4, 0.5) is 5.69 Å². The molecule has 9 nitrogen and oxygen atoms in total. The Bertz CT molecular complexity index is 1090. The molecule has 1 aromatic heterocycles. The number of hydrogen-bond donors (Lipinski definition) is 1. The van der Waals surface area contributed by atoms with Gasteiger partial charge in [0.1, 0.15) is 23.0 Å². The summed E-state index contributed by atoms with van der Waals surface area (Å²) < 4.78 is 16.0. The number of nitrogens with zero attached hydrogens (tertiary/aromatic N) is 2. The molecule has 0 saturated carbocycles. The van der Waals surface area contributed by atoms with E-state index in [1.165, 1.54) is 19.4 Å². The fourth-order valence-electron chi connectivity index (χ4n) is 2.83. The van der Waals surface area contributed by atoms with Crippen molar-refractivity contribution in [2.24, 2.45) is 5.10 Å². The lowest BCUT2D eigenvalue weighted by atomic mass is 10.1. The molecule has 0 saturated heterocycles. The lowest BCUT2D eigenvalue weighted by Gasteiger charge is -2.04. The summed E-state index contributed by atoms with van der Waals surface area (Å²) in [4.78, 5) is 22.9. The first-order valence-electron chi connectivity index (χ1n) is 9.46. The van der Waals surface area contributed by atoms with Crippen molar-refractivity contribution >= 4 is 17.8 Å². The summed E-state index contributed by atoms with van der Waals surface area (Å²) in [7, 11) is 1.43. The second kappa shape index (κ2) is 10.1. The van der Waals surface area contributed by atoms with Crippen LogP contribution in [0.3, 0.4) is 0 Å². The summed E-state index contributed by atoms with van der Waals surface area (Å²) in [6.45, 7) is 2.48. The molecule has 2 aromatic carbocycles. The molecule has 160 valence electrons. The van der Waals surface area contributed by atoms with Gasteiger partial charge >= 0.3 is 0 Å². The van der Waals surface area contributed by atoms with Gasteiger partial charge < -0.3 is 13.9 Å². The maximum absolute atomic E-state index is 12.0. The van der Waals surface area contributed by atoms with Gasteiger partial charge in [0.2, 0.25) is 5.91 Å². The number of nitro benzene ring substituents is 1. The average molecular weight is 423 g/mol. The van der Waals surface area contributed by atoms with Crippen LogP contribution in [0, 0.1) is 10.1 Å². The first-order valence-corrected chi connectivity index (χ1v) is 9.46. The molecular weight excluding hydrogens is 402 g/mol. The van der Waals surface area contributed by atoms with Crippen molar-refractivity contribution in [3.05, 3.63) is 76.0 Å². The molecule has 9 heteroatoms. The molecular formula is C22H21N3O6. The summed E-state index contributed by atoms with van der Waals surface area (Å²) in [6.07, 6.45) is 1.49. The Labute approximate surface area is 178 Å². The van der Waals surface area contributed by atoms with E-state index >= 15 is 0 Å². The van der Waals surface area contributed by atoms with Crippen LogP contribution in [0.5, 0.6) is 11.5 Å². The zero-order valence-electron chi connectivity index (χ0n) is 17.0. The van der Waals surface area contributed by atoms with E-state index in [2.05, 4.69) is 10.5 Å². The zero-order valence-corrected chi connectivity index (χ0v) is 17.0. The standard InChI is InChI=1S/C22H21N3O6/c1-3-30-16-6-4-15(5-7-16)12-22(26)24-23-14-18-9-11-21(31-18)19-10-8-17(29-2)13-20(19)25(27)28/h4-11,13-14H,3,12H2,1-2H3,(H,24,26)/b23-14-. The largest absolute Gasteiger partial charge is 0.497 e. The predicted molar refractivity (Wildman–Crippen MR) is 114 cm³/mol. The minimum Gasteiger partial charge on any atom is -0.497 e. The monoisotopic (exact) mass is 423 g/mol. The molecule has 31 heavy (non-hydrogen) atoms. The predicted octanol–water partition coefficient (Wildman–Crippen LogP) is 3.95. The van der Waals surface area contributed by atoms with E-state index in [1.54, 1.807) is 36.4 Å². The van der Waals surface area contributed by atoms with E-state index in [-0.39, 0.29) is 18.0 Å². The molecule has 0 unspecified atom stereocenters. The van der Waals surface area contributed by atoms with Crippen molar-refractivity contribution in [2.45, 2.75) is 13.3 Å². The number of amides is 1. The van der Waals surface area contributed by atoms with E-state index < -0.39 is 4.92 Å². The highest BCUT2D eigenvalue weighted by atomic mass is 16.6. The number of nitro groups is 1. The fraction of sp³-hybridized carbons (Fsp3) is 0.182. The van der Waals surface area contributed by atoms with E-state index in [0.717, 1.165) is 11.3 Å². The summed E-state index contributed by atoms with van der Waals surface area (Å²) >= 11 is 0. The van der Waals surface area contributed by atoms with E-state index in [0.29, 0.717) is 29.4 Å². The van der Waals surface area contributed by atoms with E-state index in [1.807, 2.05) is 19.1 Å². The summed E-state index contributed by atoms with van der Waals surface area (Å²) in [6, 6.07) is 14.9. The highest BCUT2D eigenvalue weighted by molar-refractivity contribution is 5.82. The molecule has 0 aliphatic carbocycles. The van der Waals surface area contributed by atoms with E-state index in [9.17, 15) is 14.9 Å². The topological polar surface area (TPSA) is 116 Å². The summed E-state index contributed by atoms with van der Waals surface area (Å²) in [5, 5.41) is 15.2. The van der Waals surface area contributed by atoms with Gasteiger partial charge in [-0.05, 0) is 48.9 Å². The Balaban J connectivity index is 1.62. The van der Waals surface area contributed by atoms with Crippen molar-refractivity contribution in [1.29, 1.82) is 0 Å². The van der Waals surface area contributed by atoms with Crippen LogP contribution in [0.15, 0.2) is 64.1 Å². The van der Waals surface area contributed by atoms with Crippen LogP contribution in [0.2, 0.25) is 0 Å². The minimum absolute atomic E-state index is 0.138. The Hall–Kier alpha value is -4.14. The van der Waals surface area contributed by atoms with Gasteiger partial charge in [-0.15, -0.1) is 0 Å². The van der Waals surface area contributed by atoms with Gasteiger partial charge in [-0.2, -0.15) is 5.10 Å². The lowest BCUT2D eigenvalue weighted by molar-refractivity contribution is -0.384. The number of rotatable bonds is 9. The maximum Gasteiger partial charge on any atom is 0.284 e. The highest BCUT2D eigenvalue weighted by Crippen LogP contribution is 2.33. The first-order chi connectivity index (χ1) is 15.0. The summed E-state index contributed by atoms with van der Waals surface area (Å²) in [5.74, 6) is 1.46. The molecule has 3 rings (SSSR count). The second-order valence-corrected chi connectivity index (χ2v) is 6.39. The van der Waals surface area contributed by atoms with Crippen LogP contribution in [-0.2, 0) is 11.2 Å². The zero-order chi connectivity index (χ0) is 22.2. The first kappa shape index (κ1) is 21.6. The number of methoxy groups -OCH3 is 1. The number of hydrazone groups is 1. The third-order valence-corrected chi connectivity index (χ3v) is 4.27. The van der Waals surface area contributed by atoms with Crippen molar-refractivity contribution in [3.8, 4) is 22.8 Å². The van der Waals surface area contributed by atoms with Gasteiger partial charge in [0, 0.05) is 0 Å². The van der Waals surface area contributed by atoms with Gasteiger partial charge in [-0.3, -0.25) is 14.9 Å². The third kappa shape index (κ3) is 5.69. The van der Waals surface area contributed by atoms with Gasteiger partial charge in [-0.1, -0.05) is 12.1 Å². The molecule has 0 aliphatic heterocycles. The molecule has 0 atom stereocenters. The van der Waals surface area contributed by atoms with Crippen molar-refractivity contribution in [2.75, 3.05) is 13.7 Å². The Morgan fingerprint density at radius 3 is 2.58 bits per heavy atom. The van der Waals surface area contributed by atoms with Gasteiger partial charge in [-0.25, -0.2) is 5.43 Å². The van der Waals surface area contributed by atoms with Crippen molar-refractivity contribution in [1.82, 2.24) is 5.43 Å². The third-order valence-electron chi connectivity index (χ3n) is 4.27. The van der Waals surface area contributed by atoms with Gasteiger partial charge in [0.15, 0.2) is 0 Å². The molecule has 3 aromatic rings. The smallest absolute Gasteiger partial charge is 0.284 e. The number of carbonyl (C=O) groups excluding carboxylic acids is 1. The number of benzene rings is 2. The Kier molecular flexibility index (Phi) is 7.00. The van der Waals surface area contributed by atoms with Crippen LogP contribution >= 0.6 is 0 Å².